The molecule has 23 heavy (non-hydrogen) atoms. The second-order valence-corrected chi connectivity index (χ2v) is 5.06. The van der Waals surface area contributed by atoms with E-state index < -0.39 is 0 Å². The first-order valence-electron chi connectivity index (χ1n) is 7.15. The highest BCUT2D eigenvalue weighted by Gasteiger charge is 2.06. The number of hydrogen-bond acceptors (Lipinski definition) is 4. The van der Waals surface area contributed by atoms with Crippen LogP contribution in [0.2, 0.25) is 0 Å². The van der Waals surface area contributed by atoms with Gasteiger partial charge in [0.15, 0.2) is 0 Å². The van der Waals surface area contributed by atoms with Crippen LogP contribution in [0.25, 0.3) is 11.3 Å². The van der Waals surface area contributed by atoms with Crippen LogP contribution in [0.3, 0.4) is 0 Å². The Morgan fingerprint density at radius 3 is 2.91 bits per heavy atom. The number of furan rings is 1. The van der Waals surface area contributed by atoms with Crippen LogP contribution in [0.15, 0.2) is 59.7 Å². The minimum absolute atomic E-state index is 0.287. The summed E-state index contributed by atoms with van der Waals surface area (Å²) in [6.45, 7) is 2.28. The molecule has 0 atom stereocenters. The summed E-state index contributed by atoms with van der Waals surface area (Å²) in [4.78, 5) is 20.1. The topological polar surface area (TPSA) is 80.0 Å². The van der Waals surface area contributed by atoms with Crippen molar-refractivity contribution in [2.75, 3.05) is 5.32 Å². The number of urea groups is 1. The third-order valence-electron chi connectivity index (χ3n) is 3.34. The summed E-state index contributed by atoms with van der Waals surface area (Å²) in [5, 5.41) is 5.57. The normalized spacial score (nSPS) is 10.3. The summed E-state index contributed by atoms with van der Waals surface area (Å²) in [5.41, 5.74) is 3.40. The maximum atomic E-state index is 12.0. The summed E-state index contributed by atoms with van der Waals surface area (Å²) >= 11 is 0. The molecule has 0 fully saturated rings. The molecule has 6 nitrogen and oxygen atoms in total. The molecule has 3 aromatic rings. The number of pyridine rings is 2. The van der Waals surface area contributed by atoms with Gasteiger partial charge < -0.3 is 15.1 Å². The molecule has 116 valence electrons. The first-order valence-corrected chi connectivity index (χ1v) is 7.15. The molecule has 0 radical (unpaired) electrons. The Balaban J connectivity index is 1.61. The average Bonchev–Trinajstić information content (AvgIpc) is 3.10. The van der Waals surface area contributed by atoms with Gasteiger partial charge in [-0.1, -0.05) is 0 Å². The zero-order valence-corrected chi connectivity index (χ0v) is 12.6. The highest BCUT2D eigenvalue weighted by Crippen LogP contribution is 2.19. The molecule has 0 saturated heterocycles. The van der Waals surface area contributed by atoms with Crippen LogP contribution in [-0.4, -0.2) is 16.0 Å². The Hall–Kier alpha value is -3.15. The van der Waals surface area contributed by atoms with Crippen molar-refractivity contribution in [2.24, 2.45) is 0 Å². The van der Waals surface area contributed by atoms with Crippen LogP contribution in [0.1, 0.15) is 11.1 Å². The van der Waals surface area contributed by atoms with Gasteiger partial charge in [0.05, 0.1) is 18.1 Å². The molecule has 0 aliphatic rings. The Morgan fingerprint density at radius 2 is 2.13 bits per heavy atom. The van der Waals surface area contributed by atoms with Crippen molar-refractivity contribution in [3.63, 3.8) is 0 Å². The van der Waals surface area contributed by atoms with Crippen LogP contribution >= 0.6 is 0 Å². The predicted molar refractivity (Wildman–Crippen MR) is 86.8 cm³/mol. The third-order valence-corrected chi connectivity index (χ3v) is 3.34. The van der Waals surface area contributed by atoms with Gasteiger partial charge in [-0.25, -0.2) is 4.79 Å². The SMILES string of the molecule is Cc1ccncc1NC(=O)NCc1cncc(-c2ccco2)c1. The van der Waals surface area contributed by atoms with Crippen molar-refractivity contribution in [1.82, 2.24) is 15.3 Å². The molecule has 3 aromatic heterocycles. The molecular formula is C17H16N4O2. The van der Waals surface area contributed by atoms with Gasteiger partial charge in [-0.2, -0.15) is 0 Å². The van der Waals surface area contributed by atoms with E-state index in [9.17, 15) is 4.79 Å². The number of aryl methyl sites for hydroxylation is 1. The van der Waals surface area contributed by atoms with Gasteiger partial charge in [-0.3, -0.25) is 9.97 Å². The molecule has 3 heterocycles. The average molecular weight is 308 g/mol. The van der Waals surface area contributed by atoms with Gasteiger partial charge >= 0.3 is 6.03 Å². The molecule has 0 unspecified atom stereocenters. The summed E-state index contributed by atoms with van der Waals surface area (Å²) in [7, 11) is 0. The van der Waals surface area contributed by atoms with Crippen LogP contribution < -0.4 is 10.6 Å². The quantitative estimate of drug-likeness (QED) is 0.774. The van der Waals surface area contributed by atoms with E-state index in [-0.39, 0.29) is 6.03 Å². The van der Waals surface area contributed by atoms with Crippen LogP contribution in [0.5, 0.6) is 0 Å². The molecule has 2 amide bonds. The van der Waals surface area contributed by atoms with Crippen molar-refractivity contribution in [2.45, 2.75) is 13.5 Å². The van der Waals surface area contributed by atoms with Gasteiger partial charge in [0, 0.05) is 30.7 Å². The second-order valence-electron chi connectivity index (χ2n) is 5.06. The molecule has 0 aliphatic heterocycles. The lowest BCUT2D eigenvalue weighted by molar-refractivity contribution is 0.251. The van der Waals surface area contributed by atoms with E-state index >= 15 is 0 Å². The Labute approximate surface area is 133 Å². The number of anilines is 1. The van der Waals surface area contributed by atoms with Gasteiger partial charge in [0.1, 0.15) is 5.76 Å². The molecule has 0 saturated carbocycles. The van der Waals surface area contributed by atoms with E-state index in [2.05, 4.69) is 20.6 Å². The second kappa shape index (κ2) is 6.74. The number of aromatic nitrogens is 2. The van der Waals surface area contributed by atoms with Crippen LogP contribution in [-0.2, 0) is 6.54 Å². The molecular weight excluding hydrogens is 292 g/mol. The maximum Gasteiger partial charge on any atom is 0.319 e. The Morgan fingerprint density at radius 1 is 1.22 bits per heavy atom. The molecule has 0 bridgehead atoms. The molecule has 2 N–H and O–H groups in total. The number of nitrogens with one attached hydrogen (secondary N) is 2. The summed E-state index contributed by atoms with van der Waals surface area (Å²) in [6.07, 6.45) is 8.35. The first kappa shape index (κ1) is 14.8. The van der Waals surface area contributed by atoms with E-state index in [0.717, 1.165) is 22.5 Å². The summed E-state index contributed by atoms with van der Waals surface area (Å²) < 4.78 is 5.35. The van der Waals surface area contributed by atoms with E-state index in [1.54, 1.807) is 31.1 Å². The van der Waals surface area contributed by atoms with Crippen LogP contribution in [0, 0.1) is 6.92 Å². The first-order chi connectivity index (χ1) is 11.2. The highest BCUT2D eigenvalue weighted by molar-refractivity contribution is 5.89. The molecule has 6 heteroatoms. The van der Waals surface area contributed by atoms with Crippen molar-refractivity contribution in [1.29, 1.82) is 0 Å². The van der Waals surface area contributed by atoms with Gasteiger partial charge in [0.2, 0.25) is 0 Å². The number of carbonyl (C=O) groups excluding carboxylic acids is 1. The zero-order valence-electron chi connectivity index (χ0n) is 12.6. The Kier molecular flexibility index (Phi) is 4.33. The van der Waals surface area contributed by atoms with Gasteiger partial charge in [-0.15, -0.1) is 0 Å². The number of amides is 2. The van der Waals surface area contributed by atoms with E-state index in [4.69, 9.17) is 4.42 Å². The fraction of sp³-hybridized carbons (Fsp3) is 0.118. The maximum absolute atomic E-state index is 12.0. The summed E-state index contributed by atoms with van der Waals surface area (Å²) in [6, 6.07) is 7.17. The number of hydrogen-bond donors (Lipinski definition) is 2. The minimum Gasteiger partial charge on any atom is -0.464 e. The Bertz CT molecular complexity index is 800. The lowest BCUT2D eigenvalue weighted by Crippen LogP contribution is -2.28. The lowest BCUT2D eigenvalue weighted by atomic mass is 10.1. The minimum atomic E-state index is -0.287. The van der Waals surface area contributed by atoms with E-state index in [0.29, 0.717) is 12.2 Å². The molecule has 0 aliphatic carbocycles. The number of carbonyl (C=O) groups is 1. The van der Waals surface area contributed by atoms with Gasteiger partial charge in [-0.05, 0) is 42.3 Å². The third kappa shape index (κ3) is 3.74. The molecule has 0 spiro atoms. The van der Waals surface area contributed by atoms with Crippen molar-refractivity contribution < 1.29 is 9.21 Å². The fourth-order valence-electron chi connectivity index (χ4n) is 2.11. The summed E-state index contributed by atoms with van der Waals surface area (Å²) in [5.74, 6) is 0.745. The standard InChI is InChI=1S/C17H16N4O2/c1-12-4-5-18-11-15(12)21-17(22)20-9-13-7-14(10-19-8-13)16-3-2-6-23-16/h2-8,10-11H,9H2,1H3,(H2,20,21,22). The highest BCUT2D eigenvalue weighted by atomic mass is 16.3. The number of nitrogens with zero attached hydrogens (tertiary/aromatic N) is 2. The fourth-order valence-corrected chi connectivity index (χ4v) is 2.11. The largest absolute Gasteiger partial charge is 0.464 e. The van der Waals surface area contributed by atoms with E-state index in [1.807, 2.05) is 31.2 Å². The van der Waals surface area contributed by atoms with E-state index in [1.165, 1.54) is 0 Å². The monoisotopic (exact) mass is 308 g/mol. The predicted octanol–water partition coefficient (Wildman–Crippen LogP) is 3.37. The van der Waals surface area contributed by atoms with Crippen molar-refractivity contribution >= 4 is 11.7 Å². The van der Waals surface area contributed by atoms with Crippen molar-refractivity contribution in [3.05, 3.63) is 66.4 Å². The number of rotatable bonds is 4. The molecule has 3 rings (SSSR count). The molecule has 0 aromatic carbocycles. The van der Waals surface area contributed by atoms with Gasteiger partial charge in [0.25, 0.3) is 0 Å². The van der Waals surface area contributed by atoms with Crippen LogP contribution in [0.4, 0.5) is 10.5 Å². The zero-order chi connectivity index (χ0) is 16.1. The lowest BCUT2D eigenvalue weighted by Gasteiger charge is -2.09. The smallest absolute Gasteiger partial charge is 0.319 e. The van der Waals surface area contributed by atoms with Crippen molar-refractivity contribution in [3.8, 4) is 11.3 Å².